The molecule has 0 spiro atoms. The predicted octanol–water partition coefficient (Wildman–Crippen LogP) is 1.91. The normalized spacial score (nSPS) is 11.4. The monoisotopic (exact) mass is 362 g/mol. The summed E-state index contributed by atoms with van der Waals surface area (Å²) >= 11 is 0. The number of carboxylic acid groups (broad SMARTS) is 1. The Morgan fingerprint density at radius 3 is 2.20 bits per heavy atom. The lowest BCUT2D eigenvalue weighted by Gasteiger charge is -2.20. The van der Waals surface area contributed by atoms with Gasteiger partial charge in [-0.1, -0.05) is 18.2 Å². The molecule has 0 aliphatic carbocycles. The Kier molecular flexibility index (Phi) is 5.24. The first kappa shape index (κ1) is 18.6. The lowest BCUT2D eigenvalue weighted by molar-refractivity contribution is 0.0697. The molecule has 7 nitrogen and oxygen atoms in total. The van der Waals surface area contributed by atoms with E-state index in [1.54, 1.807) is 12.1 Å². The van der Waals surface area contributed by atoms with Crippen molar-refractivity contribution < 1.29 is 23.1 Å². The molecule has 0 saturated heterocycles. The van der Waals surface area contributed by atoms with Crippen LogP contribution in [0.25, 0.3) is 0 Å². The summed E-state index contributed by atoms with van der Waals surface area (Å²) < 4.78 is 25.5. The van der Waals surface area contributed by atoms with E-state index in [0.29, 0.717) is 0 Å². The van der Waals surface area contributed by atoms with Gasteiger partial charge in [0.1, 0.15) is 0 Å². The van der Waals surface area contributed by atoms with E-state index in [-0.39, 0.29) is 21.7 Å². The number of hydrogen-bond acceptors (Lipinski definition) is 4. The van der Waals surface area contributed by atoms with E-state index in [4.69, 9.17) is 0 Å². The largest absolute Gasteiger partial charge is 0.478 e. The first-order valence-electron chi connectivity index (χ1n) is 7.29. The SMILES string of the molecule is CN(C(=O)c1cccc(S(=O)(=O)N(C)C)c1)c1ccccc1C(=O)O. The van der Waals surface area contributed by atoms with Crippen molar-refractivity contribution in [1.29, 1.82) is 0 Å². The fourth-order valence-corrected chi connectivity index (χ4v) is 3.20. The molecule has 2 aromatic carbocycles. The number of sulfonamides is 1. The maximum absolute atomic E-state index is 12.7. The van der Waals surface area contributed by atoms with E-state index >= 15 is 0 Å². The Morgan fingerprint density at radius 2 is 1.60 bits per heavy atom. The van der Waals surface area contributed by atoms with Crippen molar-refractivity contribution in [2.75, 3.05) is 26.0 Å². The summed E-state index contributed by atoms with van der Waals surface area (Å²) in [4.78, 5) is 25.2. The maximum atomic E-state index is 12.7. The second-order valence-electron chi connectivity index (χ2n) is 5.50. The number of rotatable bonds is 5. The summed E-state index contributed by atoms with van der Waals surface area (Å²) in [6.45, 7) is 0. The highest BCUT2D eigenvalue weighted by molar-refractivity contribution is 7.89. The van der Waals surface area contributed by atoms with E-state index in [1.165, 1.54) is 62.4 Å². The highest BCUT2D eigenvalue weighted by atomic mass is 32.2. The smallest absolute Gasteiger partial charge is 0.337 e. The van der Waals surface area contributed by atoms with Crippen LogP contribution in [0, 0.1) is 0 Å². The molecule has 2 rings (SSSR count). The van der Waals surface area contributed by atoms with Crippen LogP contribution in [0.1, 0.15) is 20.7 Å². The topological polar surface area (TPSA) is 95.0 Å². The third-order valence-electron chi connectivity index (χ3n) is 3.66. The van der Waals surface area contributed by atoms with Crippen LogP contribution in [-0.4, -0.2) is 50.8 Å². The number of nitrogens with zero attached hydrogens (tertiary/aromatic N) is 2. The van der Waals surface area contributed by atoms with Crippen molar-refractivity contribution in [3.8, 4) is 0 Å². The molecule has 8 heteroatoms. The minimum atomic E-state index is -3.68. The lowest BCUT2D eigenvalue weighted by atomic mass is 10.1. The molecule has 0 aliphatic heterocycles. The fourth-order valence-electron chi connectivity index (χ4n) is 2.25. The number of anilines is 1. The van der Waals surface area contributed by atoms with Gasteiger partial charge in [-0.3, -0.25) is 4.79 Å². The van der Waals surface area contributed by atoms with Crippen LogP contribution >= 0.6 is 0 Å². The highest BCUT2D eigenvalue weighted by Gasteiger charge is 2.22. The van der Waals surface area contributed by atoms with E-state index in [0.717, 1.165) is 4.31 Å². The van der Waals surface area contributed by atoms with Gasteiger partial charge >= 0.3 is 5.97 Å². The zero-order valence-corrected chi connectivity index (χ0v) is 14.8. The molecule has 1 amide bonds. The molecule has 25 heavy (non-hydrogen) atoms. The van der Waals surface area contributed by atoms with Gasteiger partial charge in [0.15, 0.2) is 0 Å². The summed E-state index contributed by atoms with van der Waals surface area (Å²) in [7, 11) is 0.569. The molecule has 2 aromatic rings. The maximum Gasteiger partial charge on any atom is 0.337 e. The van der Waals surface area contributed by atoms with E-state index in [1.807, 2.05) is 0 Å². The van der Waals surface area contributed by atoms with Gasteiger partial charge in [0.05, 0.1) is 16.1 Å². The van der Waals surface area contributed by atoms with Crippen molar-refractivity contribution in [2.24, 2.45) is 0 Å². The lowest BCUT2D eigenvalue weighted by Crippen LogP contribution is -2.28. The second kappa shape index (κ2) is 7.04. The van der Waals surface area contributed by atoms with Gasteiger partial charge in [-0.05, 0) is 30.3 Å². The van der Waals surface area contributed by atoms with Gasteiger partial charge in [0.25, 0.3) is 5.91 Å². The second-order valence-corrected chi connectivity index (χ2v) is 7.65. The molecule has 1 N–H and O–H groups in total. The van der Waals surface area contributed by atoms with E-state index < -0.39 is 21.9 Å². The molecule has 0 saturated carbocycles. The Labute approximate surface area is 146 Å². The summed E-state index contributed by atoms with van der Waals surface area (Å²) in [6.07, 6.45) is 0. The minimum Gasteiger partial charge on any atom is -0.478 e. The average Bonchev–Trinajstić information content (AvgIpc) is 2.60. The van der Waals surface area contributed by atoms with Gasteiger partial charge in [0, 0.05) is 26.7 Å². The highest BCUT2D eigenvalue weighted by Crippen LogP contribution is 2.22. The van der Waals surface area contributed by atoms with E-state index in [2.05, 4.69) is 0 Å². The van der Waals surface area contributed by atoms with Crippen LogP contribution in [-0.2, 0) is 10.0 Å². The summed E-state index contributed by atoms with van der Waals surface area (Å²) in [5.74, 6) is -1.66. The minimum absolute atomic E-state index is 0.0109. The van der Waals surface area contributed by atoms with Crippen molar-refractivity contribution in [2.45, 2.75) is 4.90 Å². The van der Waals surface area contributed by atoms with E-state index in [9.17, 15) is 23.1 Å². The van der Waals surface area contributed by atoms with Gasteiger partial charge in [0.2, 0.25) is 10.0 Å². The molecule has 0 fully saturated rings. The zero-order chi connectivity index (χ0) is 18.8. The molecular formula is C17H18N2O5S. The van der Waals surface area contributed by atoms with Crippen LogP contribution in [0.15, 0.2) is 53.4 Å². The Bertz CT molecular complexity index is 922. The molecule has 0 bridgehead atoms. The molecular weight excluding hydrogens is 344 g/mol. The number of amides is 1. The van der Waals surface area contributed by atoms with Gasteiger partial charge in [-0.25, -0.2) is 17.5 Å². The molecule has 0 aromatic heterocycles. The van der Waals surface area contributed by atoms with Crippen LogP contribution in [0.3, 0.4) is 0 Å². The first-order valence-corrected chi connectivity index (χ1v) is 8.73. The molecule has 0 radical (unpaired) electrons. The molecule has 0 heterocycles. The predicted molar refractivity (Wildman–Crippen MR) is 93.4 cm³/mol. The Hall–Kier alpha value is -2.71. The molecule has 0 atom stereocenters. The molecule has 132 valence electrons. The van der Waals surface area contributed by atoms with Crippen molar-refractivity contribution >= 4 is 27.6 Å². The van der Waals surface area contributed by atoms with Gasteiger partial charge in [-0.2, -0.15) is 0 Å². The summed E-state index contributed by atoms with van der Waals surface area (Å²) in [6, 6.07) is 11.7. The third-order valence-corrected chi connectivity index (χ3v) is 5.47. The van der Waals surface area contributed by atoms with Crippen molar-refractivity contribution in [1.82, 2.24) is 4.31 Å². The number of hydrogen-bond donors (Lipinski definition) is 1. The molecule has 0 aliphatic rings. The number of benzene rings is 2. The Morgan fingerprint density at radius 1 is 0.960 bits per heavy atom. The fraction of sp³-hybridized carbons (Fsp3) is 0.176. The number of carboxylic acids is 1. The number of para-hydroxylation sites is 1. The van der Waals surface area contributed by atoms with Crippen LogP contribution in [0.4, 0.5) is 5.69 Å². The van der Waals surface area contributed by atoms with Crippen LogP contribution in [0.2, 0.25) is 0 Å². The quantitative estimate of drug-likeness (QED) is 0.877. The standard InChI is InChI=1S/C17H18N2O5S/c1-18(2)25(23,24)13-8-6-7-12(11-13)16(20)19(3)15-10-5-4-9-14(15)17(21)22/h4-11H,1-3H3,(H,21,22). The number of carbonyl (C=O) groups is 2. The number of carbonyl (C=O) groups excluding carboxylic acids is 1. The number of aromatic carboxylic acids is 1. The van der Waals surface area contributed by atoms with Crippen molar-refractivity contribution in [3.63, 3.8) is 0 Å². The van der Waals surface area contributed by atoms with Crippen molar-refractivity contribution in [3.05, 3.63) is 59.7 Å². The Balaban J connectivity index is 2.44. The van der Waals surface area contributed by atoms with Gasteiger partial charge in [-0.15, -0.1) is 0 Å². The van der Waals surface area contributed by atoms with Gasteiger partial charge < -0.3 is 10.0 Å². The van der Waals surface area contributed by atoms with Crippen LogP contribution < -0.4 is 4.90 Å². The summed E-state index contributed by atoms with van der Waals surface area (Å²) in [5.41, 5.74) is 0.349. The molecule has 0 unspecified atom stereocenters. The average molecular weight is 362 g/mol. The zero-order valence-electron chi connectivity index (χ0n) is 14.0. The van der Waals surface area contributed by atoms with Crippen LogP contribution in [0.5, 0.6) is 0 Å². The first-order chi connectivity index (χ1) is 11.7. The third kappa shape index (κ3) is 3.70. The summed E-state index contributed by atoms with van der Waals surface area (Å²) in [5, 5.41) is 9.26.